The second-order valence-electron chi connectivity index (χ2n) is 3.11. The highest BCUT2D eigenvalue weighted by atomic mass is 15.2. The SMILES string of the molecule is C=Cc1cncc(-c2cnn(C)c2)c1. The molecule has 0 atom stereocenters. The van der Waals surface area contributed by atoms with E-state index in [1.54, 1.807) is 17.0 Å². The second kappa shape index (κ2) is 3.46. The molecule has 0 aliphatic carbocycles. The summed E-state index contributed by atoms with van der Waals surface area (Å²) in [6.07, 6.45) is 9.18. The van der Waals surface area contributed by atoms with Crippen molar-refractivity contribution in [1.29, 1.82) is 0 Å². The van der Waals surface area contributed by atoms with Crippen LogP contribution in [0.15, 0.2) is 37.4 Å². The molecular formula is C11H11N3. The fourth-order valence-corrected chi connectivity index (χ4v) is 1.30. The van der Waals surface area contributed by atoms with Crippen LogP contribution in [-0.2, 0) is 7.05 Å². The highest BCUT2D eigenvalue weighted by Gasteiger charge is 2.00. The number of hydrogen-bond acceptors (Lipinski definition) is 2. The zero-order valence-electron chi connectivity index (χ0n) is 8.01. The zero-order chi connectivity index (χ0) is 9.97. The van der Waals surface area contributed by atoms with Gasteiger partial charge in [0.1, 0.15) is 0 Å². The number of hydrogen-bond donors (Lipinski definition) is 0. The molecule has 0 unspecified atom stereocenters. The highest BCUT2D eigenvalue weighted by molar-refractivity contribution is 5.64. The van der Waals surface area contributed by atoms with Crippen LogP contribution in [0.3, 0.4) is 0 Å². The quantitative estimate of drug-likeness (QED) is 0.717. The molecule has 2 aromatic rings. The molecule has 2 rings (SSSR count). The lowest BCUT2D eigenvalue weighted by Gasteiger charge is -1.97. The van der Waals surface area contributed by atoms with E-state index in [2.05, 4.69) is 16.7 Å². The van der Waals surface area contributed by atoms with Crippen LogP contribution in [-0.4, -0.2) is 14.8 Å². The third-order valence-corrected chi connectivity index (χ3v) is 2.03. The first-order chi connectivity index (χ1) is 6.79. The lowest BCUT2D eigenvalue weighted by molar-refractivity contribution is 0.768. The monoisotopic (exact) mass is 185 g/mol. The Morgan fingerprint density at radius 2 is 2.14 bits per heavy atom. The van der Waals surface area contributed by atoms with Crippen molar-refractivity contribution in [3.63, 3.8) is 0 Å². The van der Waals surface area contributed by atoms with Crippen molar-refractivity contribution < 1.29 is 0 Å². The summed E-state index contributed by atoms with van der Waals surface area (Å²) in [7, 11) is 1.90. The number of aromatic nitrogens is 3. The van der Waals surface area contributed by atoms with E-state index in [0.29, 0.717) is 0 Å². The zero-order valence-corrected chi connectivity index (χ0v) is 8.01. The van der Waals surface area contributed by atoms with E-state index in [-0.39, 0.29) is 0 Å². The van der Waals surface area contributed by atoms with Gasteiger partial charge in [-0.1, -0.05) is 12.7 Å². The Bertz CT molecular complexity index is 457. The van der Waals surface area contributed by atoms with Crippen molar-refractivity contribution in [2.75, 3.05) is 0 Å². The maximum atomic E-state index is 4.13. The van der Waals surface area contributed by atoms with Crippen LogP contribution in [0.25, 0.3) is 17.2 Å². The molecule has 0 N–H and O–H groups in total. The summed E-state index contributed by atoms with van der Waals surface area (Å²) in [5, 5.41) is 4.11. The molecule has 70 valence electrons. The topological polar surface area (TPSA) is 30.7 Å². The normalized spacial score (nSPS) is 10.1. The van der Waals surface area contributed by atoms with Crippen molar-refractivity contribution in [3.05, 3.63) is 43.0 Å². The molecule has 0 spiro atoms. The van der Waals surface area contributed by atoms with Crippen LogP contribution in [0.4, 0.5) is 0 Å². The van der Waals surface area contributed by atoms with E-state index < -0.39 is 0 Å². The molecule has 0 aromatic carbocycles. The minimum Gasteiger partial charge on any atom is -0.275 e. The molecule has 2 aromatic heterocycles. The Morgan fingerprint density at radius 3 is 2.79 bits per heavy atom. The standard InChI is InChI=1S/C11H11N3/c1-3-9-4-10(6-12-5-9)11-7-13-14(2)8-11/h3-8H,1H2,2H3. The van der Waals surface area contributed by atoms with Gasteiger partial charge in [-0.15, -0.1) is 0 Å². The van der Waals surface area contributed by atoms with Gasteiger partial charge in [-0.2, -0.15) is 5.10 Å². The van der Waals surface area contributed by atoms with E-state index in [1.165, 1.54) is 0 Å². The maximum absolute atomic E-state index is 4.13. The predicted octanol–water partition coefficient (Wildman–Crippen LogP) is 2.13. The Hall–Kier alpha value is -1.90. The highest BCUT2D eigenvalue weighted by Crippen LogP contribution is 2.18. The van der Waals surface area contributed by atoms with Crippen molar-refractivity contribution >= 4 is 6.08 Å². The summed E-state index contributed by atoms with van der Waals surface area (Å²) in [5.41, 5.74) is 3.16. The fourth-order valence-electron chi connectivity index (χ4n) is 1.30. The largest absolute Gasteiger partial charge is 0.275 e. The third kappa shape index (κ3) is 1.57. The molecular weight excluding hydrogens is 174 g/mol. The maximum Gasteiger partial charge on any atom is 0.0568 e. The van der Waals surface area contributed by atoms with Crippen LogP contribution >= 0.6 is 0 Å². The molecule has 0 aliphatic heterocycles. The van der Waals surface area contributed by atoms with Crippen molar-refractivity contribution in [2.45, 2.75) is 0 Å². The average Bonchev–Trinajstić information content (AvgIpc) is 2.65. The Balaban J connectivity index is 2.46. The number of aryl methyl sites for hydroxylation is 1. The molecule has 0 bridgehead atoms. The van der Waals surface area contributed by atoms with E-state index >= 15 is 0 Å². The summed E-state index contributed by atoms with van der Waals surface area (Å²) < 4.78 is 1.77. The molecule has 3 nitrogen and oxygen atoms in total. The van der Waals surface area contributed by atoms with Gasteiger partial charge in [-0.25, -0.2) is 0 Å². The Morgan fingerprint density at radius 1 is 1.29 bits per heavy atom. The van der Waals surface area contributed by atoms with Gasteiger partial charge in [0.15, 0.2) is 0 Å². The molecule has 0 saturated heterocycles. The Labute approximate surface area is 82.7 Å². The molecule has 3 heteroatoms. The Kier molecular flexibility index (Phi) is 2.14. The predicted molar refractivity (Wildman–Crippen MR) is 56.5 cm³/mol. The fraction of sp³-hybridized carbons (Fsp3) is 0.0909. The smallest absolute Gasteiger partial charge is 0.0568 e. The molecule has 0 saturated carbocycles. The number of pyridine rings is 1. The van der Waals surface area contributed by atoms with Crippen LogP contribution in [0.1, 0.15) is 5.56 Å². The lowest BCUT2D eigenvalue weighted by Crippen LogP contribution is -1.84. The molecule has 2 heterocycles. The van der Waals surface area contributed by atoms with Gasteiger partial charge in [-0.3, -0.25) is 9.67 Å². The van der Waals surface area contributed by atoms with Gasteiger partial charge in [0.25, 0.3) is 0 Å². The third-order valence-electron chi connectivity index (χ3n) is 2.03. The van der Waals surface area contributed by atoms with Gasteiger partial charge < -0.3 is 0 Å². The van der Waals surface area contributed by atoms with Crippen molar-refractivity contribution in [2.24, 2.45) is 7.05 Å². The summed E-state index contributed by atoms with van der Waals surface area (Å²) in [5.74, 6) is 0. The van der Waals surface area contributed by atoms with Crippen molar-refractivity contribution in [3.8, 4) is 11.1 Å². The van der Waals surface area contributed by atoms with E-state index in [9.17, 15) is 0 Å². The first-order valence-electron chi connectivity index (χ1n) is 4.36. The van der Waals surface area contributed by atoms with Crippen molar-refractivity contribution in [1.82, 2.24) is 14.8 Å². The summed E-state index contributed by atoms with van der Waals surface area (Å²) in [4.78, 5) is 4.13. The average molecular weight is 185 g/mol. The van der Waals surface area contributed by atoms with Crippen LogP contribution < -0.4 is 0 Å². The van der Waals surface area contributed by atoms with Crippen LogP contribution in [0, 0.1) is 0 Å². The summed E-state index contributed by atoms with van der Waals surface area (Å²) >= 11 is 0. The molecule has 0 radical (unpaired) electrons. The number of nitrogens with zero attached hydrogens (tertiary/aromatic N) is 3. The first-order valence-corrected chi connectivity index (χ1v) is 4.36. The summed E-state index contributed by atoms with van der Waals surface area (Å²) in [6, 6.07) is 2.04. The van der Waals surface area contributed by atoms with Crippen LogP contribution in [0.2, 0.25) is 0 Å². The van der Waals surface area contributed by atoms with Crippen LogP contribution in [0.5, 0.6) is 0 Å². The van der Waals surface area contributed by atoms with E-state index in [0.717, 1.165) is 16.7 Å². The van der Waals surface area contributed by atoms with Gasteiger partial charge in [-0.05, 0) is 11.6 Å². The van der Waals surface area contributed by atoms with Gasteiger partial charge >= 0.3 is 0 Å². The molecule has 14 heavy (non-hydrogen) atoms. The van der Waals surface area contributed by atoms with E-state index in [4.69, 9.17) is 0 Å². The first kappa shape index (κ1) is 8.69. The molecule has 0 aliphatic rings. The lowest BCUT2D eigenvalue weighted by atomic mass is 10.1. The summed E-state index contributed by atoms with van der Waals surface area (Å²) in [6.45, 7) is 3.71. The second-order valence-corrected chi connectivity index (χ2v) is 3.11. The van der Waals surface area contributed by atoms with Gasteiger partial charge in [0.2, 0.25) is 0 Å². The van der Waals surface area contributed by atoms with Gasteiger partial charge in [0.05, 0.1) is 6.20 Å². The minimum absolute atomic E-state index is 1.02. The van der Waals surface area contributed by atoms with E-state index in [1.807, 2.05) is 31.7 Å². The molecule has 0 fully saturated rings. The minimum atomic E-state index is 1.02. The van der Waals surface area contributed by atoms with Gasteiger partial charge in [0, 0.05) is 36.8 Å². The number of rotatable bonds is 2. The molecule has 0 amide bonds.